The number of hydrogen-bond donors (Lipinski definition) is 1. The number of rotatable bonds is 3. The van der Waals surface area contributed by atoms with Crippen molar-refractivity contribution in [2.24, 2.45) is 0 Å². The van der Waals surface area contributed by atoms with Gasteiger partial charge < -0.3 is 9.51 Å². The van der Waals surface area contributed by atoms with Crippen molar-refractivity contribution in [1.82, 2.24) is 20.1 Å². The third-order valence-corrected chi connectivity index (χ3v) is 3.83. The molecule has 1 aromatic carbocycles. The van der Waals surface area contributed by atoms with Crippen LogP contribution in [0.4, 0.5) is 0 Å². The second-order valence-corrected chi connectivity index (χ2v) is 5.85. The molecular formula is C16H11BrN4O. The molecule has 0 amide bonds. The largest absolute Gasteiger partial charge is 0.345 e. The van der Waals surface area contributed by atoms with Gasteiger partial charge in [0.15, 0.2) is 5.82 Å². The third kappa shape index (κ3) is 2.42. The van der Waals surface area contributed by atoms with Crippen LogP contribution in [0.3, 0.4) is 0 Å². The Morgan fingerprint density at radius 1 is 1.18 bits per heavy atom. The van der Waals surface area contributed by atoms with Gasteiger partial charge in [-0.05, 0) is 27.6 Å². The molecule has 6 heteroatoms. The molecule has 4 rings (SSSR count). The van der Waals surface area contributed by atoms with Crippen LogP contribution in [0.25, 0.3) is 22.5 Å². The fourth-order valence-electron chi connectivity index (χ4n) is 2.37. The summed E-state index contributed by atoms with van der Waals surface area (Å²) in [6.45, 7) is 0. The fourth-order valence-corrected chi connectivity index (χ4v) is 2.70. The molecule has 0 atom stereocenters. The molecule has 22 heavy (non-hydrogen) atoms. The van der Waals surface area contributed by atoms with Gasteiger partial charge in [-0.15, -0.1) is 0 Å². The first kappa shape index (κ1) is 13.2. The number of nitrogens with one attached hydrogen (secondary N) is 1. The van der Waals surface area contributed by atoms with Crippen molar-refractivity contribution in [1.29, 1.82) is 0 Å². The smallest absolute Gasteiger partial charge is 0.260 e. The normalized spacial score (nSPS) is 11.1. The van der Waals surface area contributed by atoms with Crippen LogP contribution in [0.15, 0.2) is 57.8 Å². The molecule has 1 N–H and O–H groups in total. The van der Waals surface area contributed by atoms with Crippen LogP contribution >= 0.6 is 15.9 Å². The molecule has 0 saturated carbocycles. The summed E-state index contributed by atoms with van der Waals surface area (Å²) in [5.74, 6) is 1.16. The van der Waals surface area contributed by atoms with Crippen molar-refractivity contribution < 1.29 is 4.52 Å². The summed E-state index contributed by atoms with van der Waals surface area (Å²) in [6, 6.07) is 12.1. The average molecular weight is 355 g/mol. The molecule has 0 unspecified atom stereocenters. The van der Waals surface area contributed by atoms with Crippen molar-refractivity contribution in [2.45, 2.75) is 6.42 Å². The van der Waals surface area contributed by atoms with Gasteiger partial charge in [0.2, 0.25) is 0 Å². The Balaban J connectivity index is 1.69. The number of nitrogens with zero attached hydrogens (tertiary/aromatic N) is 3. The highest BCUT2D eigenvalue weighted by Gasteiger charge is 2.14. The zero-order valence-electron chi connectivity index (χ0n) is 11.5. The number of benzene rings is 1. The van der Waals surface area contributed by atoms with Gasteiger partial charge in [-0.3, -0.25) is 0 Å². The lowest BCUT2D eigenvalue weighted by Crippen LogP contribution is -1.90. The van der Waals surface area contributed by atoms with E-state index in [0.29, 0.717) is 18.1 Å². The Bertz CT molecular complexity index is 930. The highest BCUT2D eigenvalue weighted by molar-refractivity contribution is 9.10. The van der Waals surface area contributed by atoms with Crippen LogP contribution in [-0.2, 0) is 6.42 Å². The topological polar surface area (TPSA) is 67.6 Å². The van der Waals surface area contributed by atoms with Gasteiger partial charge in [0.1, 0.15) is 5.65 Å². The molecule has 0 aliphatic heterocycles. The predicted molar refractivity (Wildman–Crippen MR) is 86.3 cm³/mol. The first-order chi connectivity index (χ1) is 10.8. The lowest BCUT2D eigenvalue weighted by atomic mass is 10.1. The number of H-pyrrole nitrogens is 1. The Hall–Kier alpha value is -2.47. The standard InChI is InChI=1S/C16H11BrN4O/c17-11-7-12-13(9-19-15(12)18-8-11)16-20-14(21-22-16)6-10-4-2-1-3-5-10/h1-5,7-9H,6H2,(H,18,19). The zero-order valence-corrected chi connectivity index (χ0v) is 13.0. The van der Waals surface area contributed by atoms with Gasteiger partial charge in [0.05, 0.1) is 5.56 Å². The molecule has 4 aromatic rings. The van der Waals surface area contributed by atoms with E-state index in [1.807, 2.05) is 42.6 Å². The summed E-state index contributed by atoms with van der Waals surface area (Å²) >= 11 is 3.43. The quantitative estimate of drug-likeness (QED) is 0.604. The minimum absolute atomic E-state index is 0.497. The summed E-state index contributed by atoms with van der Waals surface area (Å²) in [5, 5.41) is 5.01. The van der Waals surface area contributed by atoms with Gasteiger partial charge in [0.25, 0.3) is 5.89 Å². The number of fused-ring (bicyclic) bond motifs is 1. The second-order valence-electron chi connectivity index (χ2n) is 4.93. The van der Waals surface area contributed by atoms with Crippen LogP contribution in [-0.4, -0.2) is 20.1 Å². The van der Waals surface area contributed by atoms with E-state index >= 15 is 0 Å². The van der Waals surface area contributed by atoms with E-state index in [-0.39, 0.29) is 0 Å². The van der Waals surface area contributed by atoms with Gasteiger partial charge in [-0.1, -0.05) is 35.5 Å². The number of halogens is 1. The molecule has 0 aliphatic rings. The molecule has 0 aliphatic carbocycles. The monoisotopic (exact) mass is 354 g/mol. The van der Waals surface area contributed by atoms with Crippen molar-refractivity contribution in [2.75, 3.05) is 0 Å². The third-order valence-electron chi connectivity index (χ3n) is 3.40. The number of hydrogen-bond acceptors (Lipinski definition) is 4. The van der Waals surface area contributed by atoms with Crippen LogP contribution in [0.5, 0.6) is 0 Å². The van der Waals surface area contributed by atoms with E-state index in [0.717, 1.165) is 26.6 Å². The summed E-state index contributed by atoms with van der Waals surface area (Å²) < 4.78 is 6.31. The molecule has 3 heterocycles. The number of pyridine rings is 1. The van der Waals surface area contributed by atoms with Crippen molar-refractivity contribution in [3.63, 3.8) is 0 Å². The molecule has 5 nitrogen and oxygen atoms in total. The average Bonchev–Trinajstić information content (AvgIpc) is 3.14. The predicted octanol–water partition coefficient (Wildman–Crippen LogP) is 3.97. The van der Waals surface area contributed by atoms with E-state index in [4.69, 9.17) is 4.52 Å². The van der Waals surface area contributed by atoms with Crippen LogP contribution in [0.1, 0.15) is 11.4 Å². The SMILES string of the molecule is Brc1cnc2[nH]cc(-c3nc(Cc4ccccc4)no3)c2c1. The summed E-state index contributed by atoms with van der Waals surface area (Å²) in [7, 11) is 0. The molecular weight excluding hydrogens is 344 g/mol. The van der Waals surface area contributed by atoms with E-state index in [2.05, 4.69) is 36.0 Å². The van der Waals surface area contributed by atoms with E-state index in [1.54, 1.807) is 6.20 Å². The van der Waals surface area contributed by atoms with E-state index in [9.17, 15) is 0 Å². The van der Waals surface area contributed by atoms with Crippen LogP contribution < -0.4 is 0 Å². The minimum Gasteiger partial charge on any atom is -0.345 e. The molecule has 0 saturated heterocycles. The van der Waals surface area contributed by atoms with Crippen molar-refractivity contribution >= 4 is 27.0 Å². The molecule has 0 bridgehead atoms. The molecule has 0 fully saturated rings. The minimum atomic E-state index is 0.497. The Morgan fingerprint density at radius 2 is 2.05 bits per heavy atom. The lowest BCUT2D eigenvalue weighted by molar-refractivity contribution is 0.424. The Morgan fingerprint density at radius 3 is 2.91 bits per heavy atom. The molecule has 0 radical (unpaired) electrons. The van der Waals surface area contributed by atoms with Gasteiger partial charge in [-0.25, -0.2) is 4.98 Å². The maximum Gasteiger partial charge on any atom is 0.260 e. The van der Waals surface area contributed by atoms with Crippen LogP contribution in [0.2, 0.25) is 0 Å². The Kier molecular flexibility index (Phi) is 3.23. The molecule has 3 aromatic heterocycles. The maximum absolute atomic E-state index is 5.41. The van der Waals surface area contributed by atoms with Crippen LogP contribution in [0, 0.1) is 0 Å². The first-order valence-corrected chi connectivity index (χ1v) is 7.58. The number of aromatic nitrogens is 4. The highest BCUT2D eigenvalue weighted by atomic mass is 79.9. The second kappa shape index (κ2) is 5.38. The summed E-state index contributed by atoms with van der Waals surface area (Å²) in [5.41, 5.74) is 2.80. The van der Waals surface area contributed by atoms with Gasteiger partial charge in [0, 0.05) is 28.7 Å². The molecule has 108 valence electrons. The Labute approximate surface area is 134 Å². The zero-order chi connectivity index (χ0) is 14.9. The molecule has 0 spiro atoms. The fraction of sp³-hybridized carbons (Fsp3) is 0.0625. The first-order valence-electron chi connectivity index (χ1n) is 6.79. The van der Waals surface area contributed by atoms with Crippen molar-refractivity contribution in [3.8, 4) is 11.5 Å². The van der Waals surface area contributed by atoms with Crippen molar-refractivity contribution in [3.05, 3.63) is 64.7 Å². The van der Waals surface area contributed by atoms with E-state index < -0.39 is 0 Å². The van der Waals surface area contributed by atoms with E-state index in [1.165, 1.54) is 0 Å². The number of aromatic amines is 1. The summed E-state index contributed by atoms with van der Waals surface area (Å²) in [4.78, 5) is 11.9. The highest BCUT2D eigenvalue weighted by Crippen LogP contribution is 2.28. The maximum atomic E-state index is 5.41. The van der Waals surface area contributed by atoms with Gasteiger partial charge in [-0.2, -0.15) is 4.98 Å². The summed E-state index contributed by atoms with van der Waals surface area (Å²) in [6.07, 6.45) is 4.23. The lowest BCUT2D eigenvalue weighted by Gasteiger charge is -1.94. The van der Waals surface area contributed by atoms with Gasteiger partial charge >= 0.3 is 0 Å².